The van der Waals surface area contributed by atoms with E-state index in [-0.39, 0.29) is 11.4 Å². The molecule has 0 spiro atoms. The normalized spacial score (nSPS) is 11.4. The number of ether oxygens (including phenoxy) is 1. The van der Waals surface area contributed by atoms with Gasteiger partial charge in [-0.25, -0.2) is 18.1 Å². The lowest BCUT2D eigenvalue weighted by atomic mass is 10.3. The molecule has 6 nitrogen and oxygen atoms in total. The van der Waals surface area contributed by atoms with Gasteiger partial charge in [0.05, 0.1) is 17.2 Å². The molecular formula is C18H19N3O3S2. The highest BCUT2D eigenvalue weighted by atomic mass is 32.2. The van der Waals surface area contributed by atoms with Crippen molar-refractivity contribution in [2.75, 3.05) is 13.2 Å². The molecule has 0 aliphatic rings. The predicted molar refractivity (Wildman–Crippen MR) is 102 cm³/mol. The van der Waals surface area contributed by atoms with Crippen LogP contribution in [0.15, 0.2) is 59.1 Å². The molecule has 0 radical (unpaired) electrons. The zero-order valence-corrected chi connectivity index (χ0v) is 15.9. The maximum absolute atomic E-state index is 12.3. The van der Waals surface area contributed by atoms with Gasteiger partial charge in [-0.2, -0.15) is 0 Å². The second kappa shape index (κ2) is 8.39. The van der Waals surface area contributed by atoms with E-state index >= 15 is 0 Å². The van der Waals surface area contributed by atoms with Crippen LogP contribution in [0.4, 0.5) is 0 Å². The molecule has 3 rings (SSSR count). The molecule has 2 aromatic heterocycles. The van der Waals surface area contributed by atoms with Gasteiger partial charge in [0.15, 0.2) is 0 Å². The lowest BCUT2D eigenvalue weighted by molar-refractivity contribution is 0.340. The number of rotatable bonds is 8. The van der Waals surface area contributed by atoms with Crippen LogP contribution in [0.3, 0.4) is 0 Å². The number of hydrogen-bond acceptors (Lipinski definition) is 6. The number of pyridine rings is 1. The van der Waals surface area contributed by atoms with Gasteiger partial charge in [0, 0.05) is 36.3 Å². The summed E-state index contributed by atoms with van der Waals surface area (Å²) in [6, 6.07) is 10.2. The summed E-state index contributed by atoms with van der Waals surface area (Å²) < 4.78 is 32.6. The minimum Gasteiger partial charge on any atom is -0.494 e. The highest BCUT2D eigenvalue weighted by Gasteiger charge is 2.14. The molecule has 0 saturated carbocycles. The highest BCUT2D eigenvalue weighted by molar-refractivity contribution is 7.89. The first-order chi connectivity index (χ1) is 12.6. The molecule has 2 heterocycles. The third-order valence-electron chi connectivity index (χ3n) is 3.58. The first-order valence-electron chi connectivity index (χ1n) is 8.16. The Bertz CT molecular complexity index is 939. The molecule has 0 atom stereocenters. The highest BCUT2D eigenvalue weighted by Crippen LogP contribution is 2.22. The molecule has 0 amide bonds. The number of nitrogens with one attached hydrogen (secondary N) is 1. The van der Waals surface area contributed by atoms with Crippen molar-refractivity contribution in [3.63, 3.8) is 0 Å². The molecule has 0 unspecified atom stereocenters. The van der Waals surface area contributed by atoms with E-state index in [1.807, 2.05) is 24.4 Å². The van der Waals surface area contributed by atoms with Crippen molar-refractivity contribution >= 4 is 21.4 Å². The van der Waals surface area contributed by atoms with Crippen LogP contribution in [-0.2, 0) is 16.4 Å². The quantitative estimate of drug-likeness (QED) is 0.640. The number of sulfonamides is 1. The van der Waals surface area contributed by atoms with Crippen LogP contribution >= 0.6 is 11.3 Å². The van der Waals surface area contributed by atoms with E-state index in [2.05, 4.69) is 14.7 Å². The lowest BCUT2D eigenvalue weighted by Gasteiger charge is -2.07. The molecule has 0 aliphatic heterocycles. The van der Waals surface area contributed by atoms with Gasteiger partial charge in [-0.1, -0.05) is 0 Å². The standard InChI is InChI=1S/C18H19N3O3S2/c1-2-24-16-5-7-17(8-6-16)26(22,23)20-11-9-15-13-25-18(21-15)14-4-3-10-19-12-14/h3-8,10,12-13,20H,2,9,11H2,1H3. The molecule has 26 heavy (non-hydrogen) atoms. The monoisotopic (exact) mass is 389 g/mol. The summed E-state index contributed by atoms with van der Waals surface area (Å²) >= 11 is 1.52. The number of nitrogens with zero attached hydrogens (tertiary/aromatic N) is 2. The van der Waals surface area contributed by atoms with Crippen molar-refractivity contribution in [1.29, 1.82) is 0 Å². The van der Waals surface area contributed by atoms with E-state index in [4.69, 9.17) is 4.74 Å². The van der Waals surface area contributed by atoms with E-state index in [1.165, 1.54) is 23.5 Å². The van der Waals surface area contributed by atoms with Crippen LogP contribution in [-0.4, -0.2) is 31.5 Å². The Balaban J connectivity index is 1.58. The summed E-state index contributed by atoms with van der Waals surface area (Å²) in [6.45, 7) is 2.70. The Kier molecular flexibility index (Phi) is 5.97. The van der Waals surface area contributed by atoms with Crippen molar-refractivity contribution in [3.8, 4) is 16.3 Å². The Morgan fingerprint density at radius 3 is 2.69 bits per heavy atom. The molecule has 3 aromatic rings. The smallest absolute Gasteiger partial charge is 0.240 e. The average Bonchev–Trinajstić information content (AvgIpc) is 3.12. The molecule has 0 fully saturated rings. The van der Waals surface area contributed by atoms with Crippen molar-refractivity contribution in [2.45, 2.75) is 18.2 Å². The topological polar surface area (TPSA) is 81.2 Å². The maximum Gasteiger partial charge on any atom is 0.240 e. The van der Waals surface area contributed by atoms with Gasteiger partial charge < -0.3 is 4.74 Å². The van der Waals surface area contributed by atoms with E-state index in [1.54, 1.807) is 24.5 Å². The van der Waals surface area contributed by atoms with Gasteiger partial charge in [0.25, 0.3) is 0 Å². The lowest BCUT2D eigenvalue weighted by Crippen LogP contribution is -2.26. The van der Waals surface area contributed by atoms with Crippen molar-refractivity contribution in [3.05, 3.63) is 59.9 Å². The average molecular weight is 390 g/mol. The summed E-state index contributed by atoms with van der Waals surface area (Å²) in [5, 5.41) is 2.82. The molecule has 8 heteroatoms. The Morgan fingerprint density at radius 1 is 1.19 bits per heavy atom. The third kappa shape index (κ3) is 4.66. The third-order valence-corrected chi connectivity index (χ3v) is 6.00. The summed E-state index contributed by atoms with van der Waals surface area (Å²) in [5.41, 5.74) is 1.81. The fourth-order valence-electron chi connectivity index (χ4n) is 2.32. The molecule has 0 aliphatic carbocycles. The van der Waals surface area contributed by atoms with Crippen molar-refractivity contribution < 1.29 is 13.2 Å². The summed E-state index contributed by atoms with van der Waals surface area (Å²) in [7, 11) is -3.55. The molecule has 1 N–H and O–H groups in total. The van der Waals surface area contributed by atoms with E-state index in [0.717, 1.165) is 16.3 Å². The van der Waals surface area contributed by atoms with Gasteiger partial charge in [-0.05, 0) is 43.3 Å². The molecule has 1 aromatic carbocycles. The largest absolute Gasteiger partial charge is 0.494 e. The van der Waals surface area contributed by atoms with Gasteiger partial charge >= 0.3 is 0 Å². The Morgan fingerprint density at radius 2 is 2.00 bits per heavy atom. The minimum atomic E-state index is -3.55. The van der Waals surface area contributed by atoms with Gasteiger partial charge in [-0.15, -0.1) is 11.3 Å². The second-order valence-corrected chi connectivity index (χ2v) is 8.06. The number of thiazole rings is 1. The first-order valence-corrected chi connectivity index (χ1v) is 10.5. The molecular weight excluding hydrogens is 370 g/mol. The Labute approximate surface area is 157 Å². The van der Waals surface area contributed by atoms with Crippen LogP contribution in [0.25, 0.3) is 10.6 Å². The number of aromatic nitrogens is 2. The summed E-state index contributed by atoms with van der Waals surface area (Å²) in [6.07, 6.45) is 4.00. The molecule has 0 saturated heterocycles. The first kappa shape index (κ1) is 18.5. The van der Waals surface area contributed by atoms with Crippen molar-refractivity contribution in [1.82, 2.24) is 14.7 Å². The maximum atomic E-state index is 12.3. The van der Waals surface area contributed by atoms with E-state index < -0.39 is 10.0 Å². The number of hydrogen-bond donors (Lipinski definition) is 1. The second-order valence-electron chi connectivity index (χ2n) is 5.44. The molecule has 0 bridgehead atoms. The zero-order valence-electron chi connectivity index (χ0n) is 14.3. The van der Waals surface area contributed by atoms with E-state index in [9.17, 15) is 8.42 Å². The van der Waals surface area contributed by atoms with Gasteiger partial charge in [-0.3, -0.25) is 4.98 Å². The van der Waals surface area contributed by atoms with Crippen LogP contribution in [0.2, 0.25) is 0 Å². The SMILES string of the molecule is CCOc1ccc(S(=O)(=O)NCCc2csc(-c3cccnc3)n2)cc1. The van der Waals surface area contributed by atoms with Gasteiger partial charge in [0.2, 0.25) is 10.0 Å². The van der Waals surface area contributed by atoms with Crippen LogP contribution in [0.5, 0.6) is 5.75 Å². The predicted octanol–water partition coefficient (Wildman–Crippen LogP) is 3.12. The zero-order chi connectivity index (χ0) is 18.4. The van der Waals surface area contributed by atoms with Crippen LogP contribution in [0, 0.1) is 0 Å². The summed E-state index contributed by atoms with van der Waals surface area (Å²) in [5.74, 6) is 0.650. The van der Waals surface area contributed by atoms with E-state index in [0.29, 0.717) is 18.8 Å². The minimum absolute atomic E-state index is 0.218. The van der Waals surface area contributed by atoms with Crippen LogP contribution in [0.1, 0.15) is 12.6 Å². The number of benzene rings is 1. The molecule has 136 valence electrons. The fraction of sp³-hybridized carbons (Fsp3) is 0.222. The summed E-state index contributed by atoms with van der Waals surface area (Å²) in [4.78, 5) is 8.83. The van der Waals surface area contributed by atoms with Crippen molar-refractivity contribution in [2.24, 2.45) is 0 Å². The Hall–Kier alpha value is -2.29. The van der Waals surface area contributed by atoms with Crippen LogP contribution < -0.4 is 9.46 Å². The fourth-order valence-corrected chi connectivity index (χ4v) is 4.20. The van der Waals surface area contributed by atoms with Gasteiger partial charge in [0.1, 0.15) is 10.8 Å².